The van der Waals surface area contributed by atoms with Gasteiger partial charge in [0, 0.05) is 24.8 Å². The molecule has 0 spiro atoms. The van der Waals surface area contributed by atoms with Crippen LogP contribution in [0.4, 0.5) is 0 Å². The van der Waals surface area contributed by atoms with Gasteiger partial charge in [0.1, 0.15) is 9.84 Å². The Balaban J connectivity index is 2.36. The van der Waals surface area contributed by atoms with Crippen LogP contribution in [0.3, 0.4) is 0 Å². The van der Waals surface area contributed by atoms with Crippen LogP contribution in [0.5, 0.6) is 0 Å². The van der Waals surface area contributed by atoms with Crippen molar-refractivity contribution in [1.29, 1.82) is 0 Å². The van der Waals surface area contributed by atoms with E-state index in [0.29, 0.717) is 12.5 Å². The van der Waals surface area contributed by atoms with Crippen LogP contribution in [0.2, 0.25) is 0 Å². The molecule has 0 saturated heterocycles. The van der Waals surface area contributed by atoms with Gasteiger partial charge >= 0.3 is 0 Å². The molecule has 1 aliphatic carbocycles. The zero-order chi connectivity index (χ0) is 12.9. The van der Waals surface area contributed by atoms with Crippen molar-refractivity contribution < 1.29 is 8.42 Å². The third-order valence-corrected chi connectivity index (χ3v) is 4.08. The Morgan fingerprint density at radius 1 is 1.47 bits per heavy atom. The van der Waals surface area contributed by atoms with Gasteiger partial charge in [-0.05, 0) is 19.3 Å². The van der Waals surface area contributed by atoms with Crippen molar-refractivity contribution >= 4 is 15.8 Å². The molecule has 0 unspecified atom stereocenters. The van der Waals surface area contributed by atoms with Crippen molar-refractivity contribution in [3.8, 4) is 0 Å². The number of guanidine groups is 1. The van der Waals surface area contributed by atoms with Crippen LogP contribution in [0.15, 0.2) is 4.99 Å². The molecule has 1 fully saturated rings. The van der Waals surface area contributed by atoms with Crippen LogP contribution >= 0.6 is 0 Å². The van der Waals surface area contributed by atoms with E-state index in [1.54, 1.807) is 0 Å². The monoisotopic (exact) mass is 261 g/mol. The average Bonchev–Trinajstić information content (AvgIpc) is 2.93. The van der Waals surface area contributed by atoms with Gasteiger partial charge < -0.3 is 11.1 Å². The lowest BCUT2D eigenvalue weighted by Crippen LogP contribution is -2.33. The van der Waals surface area contributed by atoms with Crippen LogP contribution in [-0.2, 0) is 9.84 Å². The molecule has 0 aromatic rings. The zero-order valence-corrected chi connectivity index (χ0v) is 11.5. The number of hydrogen-bond donors (Lipinski definition) is 2. The lowest BCUT2D eigenvalue weighted by molar-refractivity contribution is 0.551. The van der Waals surface area contributed by atoms with E-state index < -0.39 is 9.84 Å². The topological polar surface area (TPSA) is 84.5 Å². The maximum Gasteiger partial charge on any atom is 0.188 e. The first-order valence-corrected chi connectivity index (χ1v) is 8.14. The highest BCUT2D eigenvalue weighted by Crippen LogP contribution is 2.46. The molecule has 5 nitrogen and oxygen atoms in total. The Hall–Kier alpha value is -0.780. The van der Waals surface area contributed by atoms with Crippen molar-refractivity contribution in [1.82, 2.24) is 5.32 Å². The van der Waals surface area contributed by atoms with Crippen LogP contribution in [0.1, 0.15) is 32.6 Å². The summed E-state index contributed by atoms with van der Waals surface area (Å²) in [5.74, 6) is 0.657. The number of hydrogen-bond acceptors (Lipinski definition) is 3. The second kappa shape index (κ2) is 5.71. The summed E-state index contributed by atoms with van der Waals surface area (Å²) >= 11 is 0. The van der Waals surface area contributed by atoms with Crippen molar-refractivity contribution in [2.75, 3.05) is 25.1 Å². The number of rotatable bonds is 7. The van der Waals surface area contributed by atoms with E-state index in [0.717, 1.165) is 32.2 Å². The van der Waals surface area contributed by atoms with Crippen molar-refractivity contribution in [3.63, 3.8) is 0 Å². The van der Waals surface area contributed by atoms with Gasteiger partial charge in [-0.3, -0.25) is 4.99 Å². The molecular weight excluding hydrogens is 238 g/mol. The van der Waals surface area contributed by atoms with E-state index in [4.69, 9.17) is 5.73 Å². The lowest BCUT2D eigenvalue weighted by atomic mass is 10.1. The number of nitrogens with zero attached hydrogens (tertiary/aromatic N) is 1. The largest absolute Gasteiger partial charge is 0.370 e. The predicted octanol–water partition coefficient (Wildman–Crippen LogP) is 0.516. The van der Waals surface area contributed by atoms with Gasteiger partial charge in [0.05, 0.1) is 5.75 Å². The van der Waals surface area contributed by atoms with Gasteiger partial charge in [0.25, 0.3) is 0 Å². The standard InChI is InChI=1S/C11H23N3O2S/c1-3-4-7-13-10(12)14-8-11(5-6-11)9-17(2,15)16/h3-9H2,1-2H3,(H3,12,13,14). The molecule has 6 heteroatoms. The molecule has 0 bridgehead atoms. The average molecular weight is 261 g/mol. The highest BCUT2D eigenvalue weighted by molar-refractivity contribution is 7.90. The molecule has 1 rings (SSSR count). The molecule has 17 heavy (non-hydrogen) atoms. The maximum atomic E-state index is 11.2. The molecule has 100 valence electrons. The van der Waals surface area contributed by atoms with Gasteiger partial charge in [-0.25, -0.2) is 8.42 Å². The smallest absolute Gasteiger partial charge is 0.188 e. The number of sulfone groups is 1. The number of aliphatic imine (C=N–C) groups is 1. The summed E-state index contributed by atoms with van der Waals surface area (Å²) < 4.78 is 22.5. The summed E-state index contributed by atoms with van der Waals surface area (Å²) in [4.78, 5) is 4.23. The number of unbranched alkanes of at least 4 members (excludes halogenated alkanes) is 1. The Morgan fingerprint density at radius 3 is 2.59 bits per heavy atom. The van der Waals surface area contributed by atoms with E-state index >= 15 is 0 Å². The molecule has 0 aromatic heterocycles. The SMILES string of the molecule is CCCCNC(N)=NCC1(CS(C)(=O)=O)CC1. The summed E-state index contributed by atoms with van der Waals surface area (Å²) in [7, 11) is -2.92. The third-order valence-electron chi connectivity index (χ3n) is 2.95. The third kappa shape index (κ3) is 5.91. The van der Waals surface area contributed by atoms with Crippen molar-refractivity contribution in [3.05, 3.63) is 0 Å². The molecule has 0 aromatic carbocycles. The molecular formula is C11H23N3O2S. The van der Waals surface area contributed by atoms with E-state index in [2.05, 4.69) is 17.2 Å². The second-order valence-electron chi connectivity index (χ2n) is 5.05. The Kier molecular flexibility index (Phi) is 4.80. The quantitative estimate of drug-likeness (QED) is 0.397. The fourth-order valence-electron chi connectivity index (χ4n) is 1.78. The predicted molar refractivity (Wildman–Crippen MR) is 70.8 cm³/mol. The summed E-state index contributed by atoms with van der Waals surface area (Å²) in [5, 5.41) is 3.03. The molecule has 0 aliphatic heterocycles. The first-order chi connectivity index (χ1) is 7.87. The summed E-state index contributed by atoms with van der Waals surface area (Å²) in [6, 6.07) is 0. The van der Waals surface area contributed by atoms with Crippen LogP contribution < -0.4 is 11.1 Å². The van der Waals surface area contributed by atoms with Crippen LogP contribution in [0, 0.1) is 5.41 Å². The molecule has 0 radical (unpaired) electrons. The fourth-order valence-corrected chi connectivity index (χ4v) is 3.28. The maximum absolute atomic E-state index is 11.2. The van der Waals surface area contributed by atoms with Gasteiger partial charge in [-0.1, -0.05) is 13.3 Å². The zero-order valence-electron chi connectivity index (χ0n) is 10.7. The minimum atomic E-state index is -2.92. The fraction of sp³-hybridized carbons (Fsp3) is 0.909. The minimum Gasteiger partial charge on any atom is -0.370 e. The molecule has 3 N–H and O–H groups in total. The Bertz CT molecular complexity index is 372. The molecule has 0 amide bonds. The second-order valence-corrected chi connectivity index (χ2v) is 7.19. The molecule has 0 heterocycles. The lowest BCUT2D eigenvalue weighted by Gasteiger charge is -2.11. The summed E-state index contributed by atoms with van der Waals surface area (Å²) in [6.07, 6.45) is 5.32. The Labute approximate surface area is 104 Å². The highest BCUT2D eigenvalue weighted by Gasteiger charge is 2.45. The first kappa shape index (κ1) is 14.3. The van der Waals surface area contributed by atoms with E-state index in [-0.39, 0.29) is 11.2 Å². The van der Waals surface area contributed by atoms with Crippen molar-refractivity contribution in [2.45, 2.75) is 32.6 Å². The van der Waals surface area contributed by atoms with E-state index in [1.165, 1.54) is 6.26 Å². The van der Waals surface area contributed by atoms with E-state index in [1.807, 2.05) is 0 Å². The molecule has 1 aliphatic rings. The normalized spacial score (nSPS) is 19.1. The van der Waals surface area contributed by atoms with Gasteiger partial charge in [0.15, 0.2) is 5.96 Å². The first-order valence-electron chi connectivity index (χ1n) is 6.08. The van der Waals surface area contributed by atoms with Crippen LogP contribution in [-0.4, -0.2) is 39.5 Å². The molecule has 1 saturated carbocycles. The van der Waals surface area contributed by atoms with Crippen LogP contribution in [0.25, 0.3) is 0 Å². The summed E-state index contributed by atoms with van der Waals surface area (Å²) in [6.45, 7) is 3.45. The number of nitrogens with two attached hydrogens (primary N) is 1. The summed E-state index contributed by atoms with van der Waals surface area (Å²) in [5.41, 5.74) is 5.57. The van der Waals surface area contributed by atoms with Gasteiger partial charge in [0.2, 0.25) is 0 Å². The minimum absolute atomic E-state index is 0.134. The highest BCUT2D eigenvalue weighted by atomic mass is 32.2. The van der Waals surface area contributed by atoms with E-state index in [9.17, 15) is 8.42 Å². The van der Waals surface area contributed by atoms with Gasteiger partial charge in [-0.15, -0.1) is 0 Å². The number of nitrogens with one attached hydrogen (secondary N) is 1. The van der Waals surface area contributed by atoms with Gasteiger partial charge in [-0.2, -0.15) is 0 Å². The Morgan fingerprint density at radius 2 is 2.12 bits per heavy atom. The van der Waals surface area contributed by atoms with Crippen molar-refractivity contribution in [2.24, 2.45) is 16.1 Å². The molecule has 0 atom stereocenters.